The maximum atomic E-state index is 13.7. The molecule has 29 heavy (non-hydrogen) atoms. The molecule has 1 atom stereocenters. The molecule has 1 aromatic rings. The van der Waals surface area contributed by atoms with Crippen LogP contribution >= 0.6 is 0 Å². The van der Waals surface area contributed by atoms with Gasteiger partial charge in [0.2, 0.25) is 0 Å². The second-order valence-corrected chi connectivity index (χ2v) is 8.20. The summed E-state index contributed by atoms with van der Waals surface area (Å²) in [4.78, 5) is 14.1. The molecule has 0 bridgehead atoms. The standard InChI is InChI=1S/C21H28BF2NO4/c1-13(3-2-8-22(28)29)20(21(26)27)14-6-9-25(10-7-14)19-5-4-15-11-17(23)18(24)12-16(15)19/h11-12,14,19,28-29H,2-10H2,1H3,(H,26,27)/b20-13+. The third kappa shape index (κ3) is 5.05. The van der Waals surface area contributed by atoms with Crippen molar-refractivity contribution in [1.82, 2.24) is 4.90 Å². The minimum absolute atomic E-state index is 0.0476. The first kappa shape index (κ1) is 21.9. The number of aryl methyl sites for hydroxylation is 1. The van der Waals surface area contributed by atoms with Crippen LogP contribution in [0.4, 0.5) is 8.78 Å². The van der Waals surface area contributed by atoms with E-state index in [0.717, 1.165) is 29.5 Å². The Morgan fingerprint density at radius 3 is 2.45 bits per heavy atom. The van der Waals surface area contributed by atoms with Gasteiger partial charge in [0.1, 0.15) is 0 Å². The van der Waals surface area contributed by atoms with Gasteiger partial charge in [-0.15, -0.1) is 0 Å². The van der Waals surface area contributed by atoms with E-state index in [9.17, 15) is 18.7 Å². The van der Waals surface area contributed by atoms with E-state index >= 15 is 0 Å². The summed E-state index contributed by atoms with van der Waals surface area (Å²) < 4.78 is 27.2. The Hall–Kier alpha value is -1.77. The predicted molar refractivity (Wildman–Crippen MR) is 106 cm³/mol. The molecule has 158 valence electrons. The molecule has 0 spiro atoms. The van der Waals surface area contributed by atoms with Crippen LogP contribution in [0.15, 0.2) is 23.3 Å². The highest BCUT2D eigenvalue weighted by molar-refractivity contribution is 6.40. The molecule has 8 heteroatoms. The Bertz CT molecular complexity index is 791. The molecule has 1 aliphatic carbocycles. The third-order valence-corrected chi connectivity index (χ3v) is 6.31. The summed E-state index contributed by atoms with van der Waals surface area (Å²) in [6.45, 7) is 3.24. The molecule has 2 aliphatic rings. The monoisotopic (exact) mass is 407 g/mol. The zero-order chi connectivity index (χ0) is 21.1. The van der Waals surface area contributed by atoms with Crippen molar-refractivity contribution in [2.75, 3.05) is 13.1 Å². The number of aliphatic carboxylic acids is 1. The smallest absolute Gasteiger partial charge is 0.451 e. The summed E-state index contributed by atoms with van der Waals surface area (Å²) in [5.41, 5.74) is 2.96. The van der Waals surface area contributed by atoms with E-state index in [0.29, 0.717) is 44.3 Å². The van der Waals surface area contributed by atoms with Crippen molar-refractivity contribution in [3.05, 3.63) is 46.0 Å². The first-order chi connectivity index (χ1) is 13.8. The van der Waals surface area contributed by atoms with E-state index in [2.05, 4.69) is 4.90 Å². The lowest BCUT2D eigenvalue weighted by Crippen LogP contribution is -2.37. The number of likely N-dealkylation sites (tertiary alicyclic amines) is 1. The molecular formula is C21H28BF2NO4. The van der Waals surface area contributed by atoms with Gasteiger partial charge < -0.3 is 15.2 Å². The zero-order valence-electron chi connectivity index (χ0n) is 16.7. The fourth-order valence-electron chi connectivity index (χ4n) is 4.85. The topological polar surface area (TPSA) is 81.0 Å². The summed E-state index contributed by atoms with van der Waals surface area (Å²) in [5, 5.41) is 27.7. The van der Waals surface area contributed by atoms with Crippen molar-refractivity contribution in [1.29, 1.82) is 0 Å². The average molecular weight is 407 g/mol. The maximum Gasteiger partial charge on any atom is 0.451 e. The molecular weight excluding hydrogens is 379 g/mol. The SMILES string of the molecule is C/C(CCCB(O)O)=C(\C(=O)O)C1CCN(C2CCc3cc(F)c(F)cc32)CC1. The normalized spacial score (nSPS) is 21.1. The van der Waals surface area contributed by atoms with Gasteiger partial charge in [0.25, 0.3) is 0 Å². The van der Waals surface area contributed by atoms with Crippen LogP contribution in [-0.4, -0.2) is 46.2 Å². The van der Waals surface area contributed by atoms with Gasteiger partial charge >= 0.3 is 13.1 Å². The summed E-state index contributed by atoms with van der Waals surface area (Å²) in [6, 6.07) is 2.68. The molecule has 5 nitrogen and oxygen atoms in total. The fraction of sp³-hybridized carbons (Fsp3) is 0.571. The van der Waals surface area contributed by atoms with E-state index in [4.69, 9.17) is 10.0 Å². The number of piperidine rings is 1. The molecule has 3 N–H and O–H groups in total. The molecule has 1 aliphatic heterocycles. The van der Waals surface area contributed by atoms with Crippen LogP contribution < -0.4 is 0 Å². The number of carbonyl (C=O) groups is 1. The molecule has 1 aromatic carbocycles. The number of benzene rings is 1. The highest BCUT2D eigenvalue weighted by atomic mass is 19.2. The minimum atomic E-state index is -1.37. The molecule has 1 heterocycles. The number of hydrogen-bond donors (Lipinski definition) is 3. The maximum absolute atomic E-state index is 13.7. The first-order valence-corrected chi connectivity index (χ1v) is 10.3. The molecule has 0 amide bonds. The number of nitrogens with zero attached hydrogens (tertiary/aromatic N) is 1. The van der Waals surface area contributed by atoms with Gasteiger partial charge in [-0.3, -0.25) is 4.90 Å². The van der Waals surface area contributed by atoms with Crippen molar-refractivity contribution in [2.45, 2.75) is 57.8 Å². The van der Waals surface area contributed by atoms with Crippen LogP contribution in [0, 0.1) is 17.6 Å². The van der Waals surface area contributed by atoms with Crippen LogP contribution in [0.2, 0.25) is 6.32 Å². The summed E-state index contributed by atoms with van der Waals surface area (Å²) in [7, 11) is -1.37. The first-order valence-electron chi connectivity index (χ1n) is 10.3. The average Bonchev–Trinajstić information content (AvgIpc) is 3.05. The van der Waals surface area contributed by atoms with E-state index in [-0.39, 0.29) is 18.3 Å². The summed E-state index contributed by atoms with van der Waals surface area (Å²) >= 11 is 0. The Morgan fingerprint density at radius 1 is 1.17 bits per heavy atom. The zero-order valence-corrected chi connectivity index (χ0v) is 16.7. The van der Waals surface area contributed by atoms with Crippen LogP contribution in [-0.2, 0) is 11.2 Å². The van der Waals surface area contributed by atoms with Gasteiger partial charge in [0.15, 0.2) is 11.6 Å². The number of fused-ring (bicyclic) bond motifs is 1. The van der Waals surface area contributed by atoms with Crippen molar-refractivity contribution in [3.8, 4) is 0 Å². The number of rotatable bonds is 7. The second-order valence-electron chi connectivity index (χ2n) is 8.20. The van der Waals surface area contributed by atoms with Gasteiger partial charge in [0.05, 0.1) is 0 Å². The molecule has 3 rings (SSSR count). The van der Waals surface area contributed by atoms with Crippen molar-refractivity contribution < 1.29 is 28.7 Å². The van der Waals surface area contributed by atoms with Crippen LogP contribution in [0.5, 0.6) is 0 Å². The quantitative estimate of drug-likeness (QED) is 0.477. The largest absolute Gasteiger partial charge is 0.478 e. The van der Waals surface area contributed by atoms with Crippen molar-refractivity contribution in [2.24, 2.45) is 5.92 Å². The number of carboxylic acid groups (broad SMARTS) is 1. The Morgan fingerprint density at radius 2 is 1.83 bits per heavy atom. The number of halogens is 2. The molecule has 0 radical (unpaired) electrons. The highest BCUT2D eigenvalue weighted by Crippen LogP contribution is 2.40. The van der Waals surface area contributed by atoms with Crippen LogP contribution in [0.25, 0.3) is 0 Å². The Kier molecular flexibility index (Phi) is 7.08. The molecule has 1 unspecified atom stereocenters. The molecule has 1 fully saturated rings. The van der Waals surface area contributed by atoms with E-state index in [1.54, 1.807) is 0 Å². The van der Waals surface area contributed by atoms with Gasteiger partial charge in [-0.2, -0.15) is 0 Å². The Labute approximate surface area is 170 Å². The van der Waals surface area contributed by atoms with E-state index < -0.39 is 24.7 Å². The molecule has 1 saturated heterocycles. The van der Waals surface area contributed by atoms with Gasteiger partial charge in [0, 0.05) is 11.6 Å². The predicted octanol–water partition coefficient (Wildman–Crippen LogP) is 3.32. The van der Waals surface area contributed by atoms with Crippen molar-refractivity contribution in [3.63, 3.8) is 0 Å². The third-order valence-electron chi connectivity index (χ3n) is 6.31. The lowest BCUT2D eigenvalue weighted by Gasteiger charge is -2.37. The van der Waals surface area contributed by atoms with Crippen LogP contribution in [0.1, 0.15) is 56.2 Å². The lowest BCUT2D eigenvalue weighted by molar-refractivity contribution is -0.133. The van der Waals surface area contributed by atoms with E-state index in [1.165, 1.54) is 12.1 Å². The summed E-state index contributed by atoms with van der Waals surface area (Å²) in [6.07, 6.45) is 4.25. The van der Waals surface area contributed by atoms with Gasteiger partial charge in [-0.25, -0.2) is 13.6 Å². The van der Waals surface area contributed by atoms with Crippen molar-refractivity contribution >= 4 is 13.1 Å². The van der Waals surface area contributed by atoms with Crippen LogP contribution in [0.3, 0.4) is 0 Å². The fourth-order valence-corrected chi connectivity index (χ4v) is 4.85. The highest BCUT2D eigenvalue weighted by Gasteiger charge is 2.34. The summed E-state index contributed by atoms with van der Waals surface area (Å²) in [5.74, 6) is -2.57. The lowest BCUT2D eigenvalue weighted by atomic mass is 9.81. The molecule has 0 aromatic heterocycles. The minimum Gasteiger partial charge on any atom is -0.478 e. The number of hydrogen-bond acceptors (Lipinski definition) is 4. The number of allylic oxidation sites excluding steroid dienone is 1. The van der Waals surface area contributed by atoms with Gasteiger partial charge in [-0.05, 0) is 87.6 Å². The second kappa shape index (κ2) is 9.37. The Balaban J connectivity index is 1.65. The van der Waals surface area contributed by atoms with E-state index in [1.807, 2.05) is 6.92 Å². The number of carboxylic acids is 1. The molecule has 0 saturated carbocycles. The van der Waals surface area contributed by atoms with Gasteiger partial charge in [-0.1, -0.05) is 12.0 Å².